The molecule has 4 aromatic rings. The zero-order valence-electron chi connectivity index (χ0n) is 13.1. The fourth-order valence-corrected chi connectivity index (χ4v) is 2.37. The second kappa shape index (κ2) is 6.52. The van der Waals surface area contributed by atoms with Gasteiger partial charge >= 0.3 is 6.08 Å². The molecule has 3 aromatic heterocycles. The number of carbonyl (C=O) groups is 1. The van der Waals surface area contributed by atoms with Gasteiger partial charge in [-0.3, -0.25) is 9.78 Å². The van der Waals surface area contributed by atoms with Crippen LogP contribution in [0.4, 0.5) is 0 Å². The molecule has 0 spiro atoms. The molecule has 6 heteroatoms. The van der Waals surface area contributed by atoms with Crippen LogP contribution < -0.4 is 4.74 Å². The Morgan fingerprint density at radius 1 is 1.00 bits per heavy atom. The minimum absolute atomic E-state index is 0.0233. The van der Waals surface area contributed by atoms with E-state index in [0.29, 0.717) is 16.8 Å². The third-order valence-electron chi connectivity index (χ3n) is 3.62. The average molecular weight is 331 g/mol. The van der Waals surface area contributed by atoms with Crippen molar-refractivity contribution in [1.29, 1.82) is 0 Å². The number of ether oxygens (including phenoxy) is 1. The van der Waals surface area contributed by atoms with Gasteiger partial charge < -0.3 is 9.15 Å². The lowest BCUT2D eigenvalue weighted by molar-refractivity contribution is 0.0895. The number of oxazole rings is 1. The van der Waals surface area contributed by atoms with Gasteiger partial charge in [0.05, 0.1) is 5.69 Å². The number of pyridine rings is 2. The maximum atomic E-state index is 12.1. The van der Waals surface area contributed by atoms with Crippen molar-refractivity contribution in [3.63, 3.8) is 0 Å². The van der Waals surface area contributed by atoms with Crippen LogP contribution in [0.15, 0.2) is 71.4 Å². The molecule has 1 aromatic carbocycles. The summed E-state index contributed by atoms with van der Waals surface area (Å²) in [6, 6.07) is 16.3. The van der Waals surface area contributed by atoms with Crippen molar-refractivity contribution in [2.75, 3.05) is 6.61 Å². The van der Waals surface area contributed by atoms with Crippen LogP contribution >= 0.6 is 0 Å². The van der Waals surface area contributed by atoms with E-state index < -0.39 is 0 Å². The summed E-state index contributed by atoms with van der Waals surface area (Å²) < 4.78 is 10.9. The lowest BCUT2D eigenvalue weighted by atomic mass is 10.1. The van der Waals surface area contributed by atoms with E-state index in [1.165, 1.54) is 0 Å². The van der Waals surface area contributed by atoms with Gasteiger partial charge in [0.2, 0.25) is 0 Å². The van der Waals surface area contributed by atoms with Crippen LogP contribution in [-0.4, -0.2) is 27.3 Å². The van der Waals surface area contributed by atoms with Gasteiger partial charge in [-0.15, -0.1) is 0 Å². The number of benzene rings is 1. The molecule has 0 radical (unpaired) electrons. The molecule has 0 amide bonds. The van der Waals surface area contributed by atoms with Crippen LogP contribution in [0, 0.1) is 0 Å². The minimum Gasteiger partial charge on any atom is -0.442 e. The number of nitrogens with zero attached hydrogens (tertiary/aromatic N) is 3. The Morgan fingerprint density at radius 2 is 1.88 bits per heavy atom. The molecule has 122 valence electrons. The molecular formula is C19H13N3O3. The largest absolute Gasteiger partial charge is 0.442 e. The molecule has 0 aliphatic heterocycles. The lowest BCUT2D eigenvalue weighted by Crippen LogP contribution is -2.11. The lowest BCUT2D eigenvalue weighted by Gasteiger charge is -2.00. The van der Waals surface area contributed by atoms with E-state index in [2.05, 4.69) is 15.0 Å². The Morgan fingerprint density at radius 3 is 2.68 bits per heavy atom. The maximum Gasteiger partial charge on any atom is 0.396 e. The van der Waals surface area contributed by atoms with Crippen LogP contribution in [0.25, 0.3) is 22.5 Å². The molecule has 0 saturated heterocycles. The molecule has 0 aliphatic carbocycles. The number of Topliss-reactive ketones (excluding diaryl/α,β-unsaturated/α-hetero) is 1. The summed E-state index contributed by atoms with van der Waals surface area (Å²) in [6.07, 6.45) is 3.45. The van der Waals surface area contributed by atoms with E-state index in [1.54, 1.807) is 42.7 Å². The first-order valence-corrected chi connectivity index (χ1v) is 7.68. The molecule has 0 fully saturated rings. The fourth-order valence-electron chi connectivity index (χ4n) is 2.37. The van der Waals surface area contributed by atoms with Crippen molar-refractivity contribution in [1.82, 2.24) is 15.0 Å². The SMILES string of the molecule is O=C(COc1nc2ccc(-c3cccnc3)nc2o1)c1ccccc1. The topological polar surface area (TPSA) is 78.1 Å². The molecule has 3 heterocycles. The molecule has 0 N–H and O–H groups in total. The van der Waals surface area contributed by atoms with Crippen molar-refractivity contribution < 1.29 is 13.9 Å². The summed E-state index contributed by atoms with van der Waals surface area (Å²) in [7, 11) is 0. The van der Waals surface area contributed by atoms with Gasteiger partial charge in [0.15, 0.2) is 12.4 Å². The first-order chi connectivity index (χ1) is 12.3. The van der Waals surface area contributed by atoms with Crippen molar-refractivity contribution in [3.05, 3.63) is 72.6 Å². The standard InChI is InChI=1S/C19H13N3O3/c23-17(13-5-2-1-3-6-13)12-24-19-22-16-9-8-15(21-18(16)25-19)14-7-4-10-20-11-14/h1-11H,12H2. The predicted octanol–water partition coefficient (Wildman–Crippen LogP) is 3.55. The van der Waals surface area contributed by atoms with E-state index in [9.17, 15) is 4.79 Å². The monoisotopic (exact) mass is 331 g/mol. The predicted molar refractivity (Wildman–Crippen MR) is 91.3 cm³/mol. The highest BCUT2D eigenvalue weighted by Gasteiger charge is 2.12. The van der Waals surface area contributed by atoms with Crippen molar-refractivity contribution >= 4 is 17.0 Å². The minimum atomic E-state index is -0.147. The number of aromatic nitrogens is 3. The Hall–Kier alpha value is -3.54. The molecule has 25 heavy (non-hydrogen) atoms. The Kier molecular flexibility index (Phi) is 3.92. The molecule has 0 aliphatic rings. The number of ketones is 1. The molecule has 0 atom stereocenters. The molecule has 0 saturated carbocycles. The number of hydrogen-bond donors (Lipinski definition) is 0. The second-order valence-corrected chi connectivity index (χ2v) is 5.32. The zero-order chi connectivity index (χ0) is 17.1. The van der Waals surface area contributed by atoms with E-state index in [4.69, 9.17) is 9.15 Å². The van der Waals surface area contributed by atoms with Gasteiger partial charge in [-0.1, -0.05) is 30.3 Å². The normalized spacial score (nSPS) is 10.7. The van der Waals surface area contributed by atoms with Gasteiger partial charge in [-0.25, -0.2) is 4.98 Å². The van der Waals surface area contributed by atoms with Gasteiger partial charge in [-0.05, 0) is 24.3 Å². The Balaban J connectivity index is 1.52. The molecule has 0 bridgehead atoms. The summed E-state index contributed by atoms with van der Waals surface area (Å²) in [6.45, 7) is -0.147. The molecule has 6 nitrogen and oxygen atoms in total. The van der Waals surface area contributed by atoms with Crippen LogP contribution in [0.5, 0.6) is 6.08 Å². The van der Waals surface area contributed by atoms with E-state index >= 15 is 0 Å². The van der Waals surface area contributed by atoms with E-state index in [-0.39, 0.29) is 18.5 Å². The first-order valence-electron chi connectivity index (χ1n) is 7.68. The maximum absolute atomic E-state index is 12.1. The second-order valence-electron chi connectivity index (χ2n) is 5.32. The summed E-state index contributed by atoms with van der Waals surface area (Å²) in [4.78, 5) is 24.7. The number of rotatable bonds is 5. The Labute approximate surface area is 143 Å². The molecular weight excluding hydrogens is 318 g/mol. The third-order valence-corrected chi connectivity index (χ3v) is 3.62. The smallest absolute Gasteiger partial charge is 0.396 e. The quantitative estimate of drug-likeness (QED) is 0.520. The number of fused-ring (bicyclic) bond motifs is 1. The number of carbonyl (C=O) groups excluding carboxylic acids is 1. The van der Waals surface area contributed by atoms with Crippen molar-refractivity contribution in [2.45, 2.75) is 0 Å². The van der Waals surface area contributed by atoms with Gasteiger partial charge in [0.1, 0.15) is 5.52 Å². The van der Waals surface area contributed by atoms with Crippen molar-refractivity contribution in [2.24, 2.45) is 0 Å². The number of hydrogen-bond acceptors (Lipinski definition) is 6. The zero-order valence-corrected chi connectivity index (χ0v) is 13.1. The van der Waals surface area contributed by atoms with Crippen LogP contribution in [-0.2, 0) is 0 Å². The third kappa shape index (κ3) is 3.23. The molecule has 0 unspecified atom stereocenters. The summed E-state index contributed by atoms with van der Waals surface area (Å²) in [5.74, 6) is -0.146. The summed E-state index contributed by atoms with van der Waals surface area (Å²) in [5.41, 5.74) is 3.10. The average Bonchev–Trinajstić information content (AvgIpc) is 3.09. The highest BCUT2D eigenvalue weighted by Crippen LogP contribution is 2.23. The molecule has 4 rings (SSSR count). The van der Waals surface area contributed by atoms with Crippen LogP contribution in [0.1, 0.15) is 10.4 Å². The van der Waals surface area contributed by atoms with Crippen LogP contribution in [0.2, 0.25) is 0 Å². The highest BCUT2D eigenvalue weighted by molar-refractivity contribution is 5.97. The fraction of sp³-hybridized carbons (Fsp3) is 0.0526. The Bertz CT molecular complexity index is 1010. The first kappa shape index (κ1) is 15.0. The summed E-state index contributed by atoms with van der Waals surface area (Å²) in [5, 5.41) is 0. The highest BCUT2D eigenvalue weighted by atomic mass is 16.6. The van der Waals surface area contributed by atoms with Gasteiger partial charge in [-0.2, -0.15) is 4.98 Å². The van der Waals surface area contributed by atoms with Crippen LogP contribution in [0.3, 0.4) is 0 Å². The van der Waals surface area contributed by atoms with Gasteiger partial charge in [0.25, 0.3) is 5.71 Å². The summed E-state index contributed by atoms with van der Waals surface area (Å²) >= 11 is 0. The van der Waals surface area contributed by atoms with E-state index in [1.807, 2.05) is 24.3 Å². The van der Waals surface area contributed by atoms with Crippen molar-refractivity contribution in [3.8, 4) is 17.3 Å². The van der Waals surface area contributed by atoms with E-state index in [0.717, 1.165) is 11.3 Å². The van der Waals surface area contributed by atoms with Gasteiger partial charge in [0, 0.05) is 23.5 Å².